The number of carbonyl (C=O) groups excluding carboxylic acids is 1. The summed E-state index contributed by atoms with van der Waals surface area (Å²) in [7, 11) is 0. The number of amides is 1. The van der Waals surface area contributed by atoms with E-state index in [9.17, 15) is 9.59 Å². The highest BCUT2D eigenvalue weighted by molar-refractivity contribution is 5.73. The molecule has 0 rings (SSSR count). The second kappa shape index (κ2) is 5.43. The van der Waals surface area contributed by atoms with Crippen LogP contribution >= 0.6 is 0 Å². The number of carboxylic acid groups (broad SMARTS) is 1. The normalized spacial score (nSPS) is 11.0. The SMILES string of the molecule is CC(C)(CNCCOC(N)=O)C(=O)O. The fourth-order valence-corrected chi connectivity index (χ4v) is 0.700. The van der Waals surface area contributed by atoms with Crippen molar-refractivity contribution < 1.29 is 19.4 Å². The fraction of sp³-hybridized carbons (Fsp3) is 0.750. The summed E-state index contributed by atoms with van der Waals surface area (Å²) in [5.41, 5.74) is 3.90. The van der Waals surface area contributed by atoms with Gasteiger partial charge in [-0.1, -0.05) is 0 Å². The van der Waals surface area contributed by atoms with Crippen molar-refractivity contribution in [3.8, 4) is 0 Å². The lowest BCUT2D eigenvalue weighted by atomic mass is 9.94. The number of primary amides is 1. The first-order chi connectivity index (χ1) is 6.36. The smallest absolute Gasteiger partial charge is 0.404 e. The van der Waals surface area contributed by atoms with E-state index in [1.165, 1.54) is 0 Å². The van der Waals surface area contributed by atoms with E-state index >= 15 is 0 Å². The van der Waals surface area contributed by atoms with Gasteiger partial charge in [-0.25, -0.2) is 4.79 Å². The maximum absolute atomic E-state index is 10.6. The molecule has 0 aromatic rings. The number of hydrogen-bond acceptors (Lipinski definition) is 4. The van der Waals surface area contributed by atoms with E-state index in [4.69, 9.17) is 10.8 Å². The van der Waals surface area contributed by atoms with Crippen molar-refractivity contribution in [2.75, 3.05) is 19.7 Å². The van der Waals surface area contributed by atoms with Gasteiger partial charge in [0.25, 0.3) is 0 Å². The lowest BCUT2D eigenvalue weighted by Crippen LogP contribution is -2.37. The topological polar surface area (TPSA) is 102 Å². The van der Waals surface area contributed by atoms with Gasteiger partial charge in [-0.15, -0.1) is 0 Å². The fourth-order valence-electron chi connectivity index (χ4n) is 0.700. The van der Waals surface area contributed by atoms with Crippen LogP contribution in [0.15, 0.2) is 0 Å². The molecule has 0 aliphatic carbocycles. The quantitative estimate of drug-likeness (QED) is 0.519. The molecule has 0 aliphatic rings. The molecule has 0 aromatic carbocycles. The zero-order valence-corrected chi connectivity index (χ0v) is 8.37. The lowest BCUT2D eigenvalue weighted by Gasteiger charge is -2.19. The summed E-state index contributed by atoms with van der Waals surface area (Å²) in [6.07, 6.45) is -0.829. The highest BCUT2D eigenvalue weighted by Crippen LogP contribution is 2.12. The van der Waals surface area contributed by atoms with Gasteiger partial charge in [0.15, 0.2) is 0 Å². The molecule has 6 nitrogen and oxygen atoms in total. The molecule has 6 heteroatoms. The first kappa shape index (κ1) is 12.7. The van der Waals surface area contributed by atoms with Gasteiger partial charge in [-0.3, -0.25) is 4.79 Å². The van der Waals surface area contributed by atoms with Gasteiger partial charge >= 0.3 is 12.1 Å². The van der Waals surface area contributed by atoms with E-state index in [2.05, 4.69) is 10.1 Å². The molecule has 0 heterocycles. The van der Waals surface area contributed by atoms with E-state index in [0.29, 0.717) is 13.1 Å². The predicted octanol–water partition coefficient (Wildman–Crippen LogP) is -0.218. The van der Waals surface area contributed by atoms with Crippen molar-refractivity contribution in [1.29, 1.82) is 0 Å². The van der Waals surface area contributed by atoms with Crippen LogP contribution in [0.25, 0.3) is 0 Å². The van der Waals surface area contributed by atoms with Crippen LogP contribution in [0.2, 0.25) is 0 Å². The minimum atomic E-state index is -0.874. The third-order valence-electron chi connectivity index (χ3n) is 1.67. The van der Waals surface area contributed by atoms with Gasteiger partial charge in [0.1, 0.15) is 6.61 Å². The standard InChI is InChI=1S/C8H16N2O4/c1-8(2,6(11)12)5-10-3-4-14-7(9)13/h10H,3-5H2,1-2H3,(H2,9,13)(H,11,12). The van der Waals surface area contributed by atoms with Crippen LogP contribution in [-0.2, 0) is 9.53 Å². The van der Waals surface area contributed by atoms with Crippen molar-refractivity contribution >= 4 is 12.1 Å². The molecule has 0 saturated carbocycles. The first-order valence-corrected chi connectivity index (χ1v) is 4.22. The highest BCUT2D eigenvalue weighted by Gasteiger charge is 2.26. The maximum Gasteiger partial charge on any atom is 0.404 e. The molecule has 82 valence electrons. The molecule has 0 aromatic heterocycles. The largest absolute Gasteiger partial charge is 0.481 e. The molecule has 0 unspecified atom stereocenters. The molecule has 4 N–H and O–H groups in total. The molecule has 0 spiro atoms. The Labute approximate surface area is 82.4 Å². The summed E-state index contributed by atoms with van der Waals surface area (Å²) in [4.78, 5) is 20.8. The van der Waals surface area contributed by atoms with Gasteiger partial charge in [0, 0.05) is 13.1 Å². The summed E-state index contributed by atoms with van der Waals surface area (Å²) in [5.74, 6) is -0.874. The van der Waals surface area contributed by atoms with Crippen molar-refractivity contribution in [1.82, 2.24) is 5.32 Å². The molecule has 14 heavy (non-hydrogen) atoms. The van der Waals surface area contributed by atoms with Crippen LogP contribution in [0.3, 0.4) is 0 Å². The average molecular weight is 204 g/mol. The number of carbonyl (C=O) groups is 2. The Bertz CT molecular complexity index is 215. The molecule has 0 atom stereocenters. The van der Waals surface area contributed by atoms with Gasteiger partial charge in [-0.05, 0) is 13.8 Å². The maximum atomic E-state index is 10.6. The molecule has 0 saturated heterocycles. The first-order valence-electron chi connectivity index (χ1n) is 4.22. The van der Waals surface area contributed by atoms with E-state index in [-0.39, 0.29) is 6.61 Å². The second-order valence-electron chi connectivity index (χ2n) is 3.53. The molecule has 0 aliphatic heterocycles. The minimum Gasteiger partial charge on any atom is -0.481 e. The number of carboxylic acids is 1. The molecular weight excluding hydrogens is 188 g/mol. The Morgan fingerprint density at radius 1 is 1.50 bits per heavy atom. The number of aliphatic carboxylic acids is 1. The Morgan fingerprint density at radius 2 is 2.07 bits per heavy atom. The monoisotopic (exact) mass is 204 g/mol. The summed E-state index contributed by atoms with van der Waals surface area (Å²) in [6.45, 7) is 4.06. The molecule has 1 amide bonds. The summed E-state index contributed by atoms with van der Waals surface area (Å²) >= 11 is 0. The van der Waals surface area contributed by atoms with Gasteiger partial charge in [-0.2, -0.15) is 0 Å². The summed E-state index contributed by atoms with van der Waals surface area (Å²) in [6, 6.07) is 0. The van der Waals surface area contributed by atoms with Gasteiger partial charge in [0.05, 0.1) is 5.41 Å². The third kappa shape index (κ3) is 5.36. The summed E-state index contributed by atoms with van der Waals surface area (Å²) < 4.78 is 4.45. The Balaban J connectivity index is 3.54. The van der Waals surface area contributed by atoms with Crippen molar-refractivity contribution in [3.05, 3.63) is 0 Å². The lowest BCUT2D eigenvalue weighted by molar-refractivity contribution is -0.146. The molecule has 0 radical (unpaired) electrons. The van der Waals surface area contributed by atoms with Gasteiger partial charge < -0.3 is 20.9 Å². The minimum absolute atomic E-state index is 0.144. The summed E-state index contributed by atoms with van der Waals surface area (Å²) in [5, 5.41) is 11.6. The Morgan fingerprint density at radius 3 is 2.50 bits per heavy atom. The van der Waals surface area contributed by atoms with E-state index in [1.807, 2.05) is 0 Å². The van der Waals surface area contributed by atoms with Crippen LogP contribution in [0.4, 0.5) is 4.79 Å². The molecule has 0 bridgehead atoms. The molecular formula is C8H16N2O4. The van der Waals surface area contributed by atoms with Crippen LogP contribution in [-0.4, -0.2) is 36.9 Å². The van der Waals surface area contributed by atoms with E-state index in [0.717, 1.165) is 0 Å². The zero-order valence-electron chi connectivity index (χ0n) is 8.37. The Kier molecular flexibility index (Phi) is 4.93. The highest BCUT2D eigenvalue weighted by atomic mass is 16.5. The number of nitrogens with two attached hydrogens (primary N) is 1. The second-order valence-corrected chi connectivity index (χ2v) is 3.53. The third-order valence-corrected chi connectivity index (χ3v) is 1.67. The van der Waals surface area contributed by atoms with E-state index in [1.54, 1.807) is 13.8 Å². The average Bonchev–Trinajstić information content (AvgIpc) is 2.02. The predicted molar refractivity (Wildman–Crippen MR) is 49.8 cm³/mol. The van der Waals surface area contributed by atoms with Crippen LogP contribution in [0, 0.1) is 5.41 Å². The van der Waals surface area contributed by atoms with Crippen molar-refractivity contribution in [2.24, 2.45) is 11.1 Å². The van der Waals surface area contributed by atoms with Crippen molar-refractivity contribution in [2.45, 2.75) is 13.8 Å². The number of hydrogen-bond donors (Lipinski definition) is 3. The number of ether oxygens (including phenoxy) is 1. The van der Waals surface area contributed by atoms with Gasteiger partial charge in [0.2, 0.25) is 0 Å². The van der Waals surface area contributed by atoms with Crippen LogP contribution in [0.5, 0.6) is 0 Å². The van der Waals surface area contributed by atoms with Crippen molar-refractivity contribution in [3.63, 3.8) is 0 Å². The number of nitrogens with one attached hydrogen (secondary N) is 1. The van der Waals surface area contributed by atoms with E-state index < -0.39 is 17.5 Å². The molecule has 0 fully saturated rings. The number of rotatable bonds is 6. The van der Waals surface area contributed by atoms with Crippen LogP contribution in [0.1, 0.15) is 13.8 Å². The van der Waals surface area contributed by atoms with Crippen LogP contribution < -0.4 is 11.1 Å². The zero-order chi connectivity index (χ0) is 11.2. The Hall–Kier alpha value is -1.30.